The van der Waals surface area contributed by atoms with Gasteiger partial charge in [-0.25, -0.2) is 5.43 Å². The molecular formula is C20H19BrClN5O4S. The van der Waals surface area contributed by atoms with Crippen LogP contribution in [0.4, 0.5) is 5.13 Å². The first-order valence-electron chi connectivity index (χ1n) is 9.23. The summed E-state index contributed by atoms with van der Waals surface area (Å²) in [6.45, 7) is 0.600. The second-order valence-electron chi connectivity index (χ2n) is 6.19. The van der Waals surface area contributed by atoms with Gasteiger partial charge < -0.3 is 19.9 Å². The molecule has 0 atom stereocenters. The lowest BCUT2D eigenvalue weighted by Crippen LogP contribution is -2.19. The molecule has 0 saturated carbocycles. The van der Waals surface area contributed by atoms with Gasteiger partial charge in [0, 0.05) is 4.47 Å². The molecule has 0 saturated heterocycles. The number of nitrogen functional groups attached to an aromatic ring is 1. The number of aromatic nitrogens is 2. The van der Waals surface area contributed by atoms with Gasteiger partial charge in [-0.3, -0.25) is 4.79 Å². The standard InChI is InChI=1S/C20H19BrClN5O4S/c1-29-16-9-12(11-24-25-17(28)10-18-26-27-20(23)32-18)8-15(22)19(16)31-7-6-30-14-4-2-13(21)3-5-14/h2-5,8-9,11H,6-7,10H2,1H3,(H2,23,27)(H,25,28)/b24-11-. The van der Waals surface area contributed by atoms with E-state index in [0.717, 1.165) is 21.6 Å². The number of carbonyl (C=O) groups is 1. The minimum atomic E-state index is -0.346. The van der Waals surface area contributed by atoms with Crippen LogP contribution in [0.5, 0.6) is 17.2 Å². The Balaban J connectivity index is 1.53. The zero-order valence-electron chi connectivity index (χ0n) is 16.9. The summed E-state index contributed by atoms with van der Waals surface area (Å²) in [4.78, 5) is 11.9. The Morgan fingerprint density at radius 2 is 2.00 bits per heavy atom. The lowest BCUT2D eigenvalue weighted by atomic mass is 10.2. The molecule has 0 radical (unpaired) electrons. The van der Waals surface area contributed by atoms with Crippen LogP contribution in [-0.4, -0.2) is 42.6 Å². The molecule has 0 aliphatic carbocycles. The number of amides is 1. The number of methoxy groups -OCH3 is 1. The minimum Gasteiger partial charge on any atom is -0.493 e. The van der Waals surface area contributed by atoms with Crippen LogP contribution in [0.3, 0.4) is 0 Å². The highest BCUT2D eigenvalue weighted by Gasteiger charge is 2.12. The molecule has 168 valence electrons. The van der Waals surface area contributed by atoms with Crippen molar-refractivity contribution < 1.29 is 19.0 Å². The average Bonchev–Trinajstić information content (AvgIpc) is 3.17. The van der Waals surface area contributed by atoms with Crippen LogP contribution in [0.25, 0.3) is 0 Å². The summed E-state index contributed by atoms with van der Waals surface area (Å²) in [5, 5.41) is 12.5. The Morgan fingerprint density at radius 3 is 2.69 bits per heavy atom. The maximum Gasteiger partial charge on any atom is 0.247 e. The number of hydrazone groups is 1. The van der Waals surface area contributed by atoms with Crippen molar-refractivity contribution in [2.45, 2.75) is 6.42 Å². The van der Waals surface area contributed by atoms with Crippen molar-refractivity contribution in [1.29, 1.82) is 0 Å². The summed E-state index contributed by atoms with van der Waals surface area (Å²) in [6.07, 6.45) is 1.48. The summed E-state index contributed by atoms with van der Waals surface area (Å²) in [6, 6.07) is 10.8. The highest BCUT2D eigenvalue weighted by Crippen LogP contribution is 2.36. The molecule has 32 heavy (non-hydrogen) atoms. The van der Waals surface area contributed by atoms with Gasteiger partial charge in [0.25, 0.3) is 0 Å². The van der Waals surface area contributed by atoms with Gasteiger partial charge in [0.1, 0.15) is 24.0 Å². The van der Waals surface area contributed by atoms with E-state index >= 15 is 0 Å². The van der Waals surface area contributed by atoms with E-state index in [1.54, 1.807) is 12.1 Å². The van der Waals surface area contributed by atoms with Crippen LogP contribution in [0.15, 0.2) is 46.0 Å². The maximum absolute atomic E-state index is 11.9. The van der Waals surface area contributed by atoms with Crippen molar-refractivity contribution in [2.75, 3.05) is 26.1 Å². The number of ether oxygens (including phenoxy) is 3. The fraction of sp³-hybridized carbons (Fsp3) is 0.200. The number of anilines is 1. The molecule has 3 aromatic rings. The number of benzene rings is 2. The van der Waals surface area contributed by atoms with Gasteiger partial charge in [-0.1, -0.05) is 38.9 Å². The molecule has 3 rings (SSSR count). The van der Waals surface area contributed by atoms with Gasteiger partial charge in [0.05, 0.1) is 24.8 Å². The molecule has 12 heteroatoms. The molecule has 0 fully saturated rings. The molecule has 0 spiro atoms. The monoisotopic (exact) mass is 539 g/mol. The average molecular weight is 541 g/mol. The third kappa shape index (κ3) is 7.08. The Morgan fingerprint density at radius 1 is 1.25 bits per heavy atom. The van der Waals surface area contributed by atoms with E-state index in [2.05, 4.69) is 36.7 Å². The molecule has 0 unspecified atom stereocenters. The Hall–Kier alpha value is -2.89. The number of nitrogens with one attached hydrogen (secondary N) is 1. The molecule has 9 nitrogen and oxygen atoms in total. The van der Waals surface area contributed by atoms with Gasteiger partial charge in [-0.15, -0.1) is 10.2 Å². The van der Waals surface area contributed by atoms with E-state index in [9.17, 15) is 4.79 Å². The number of carbonyl (C=O) groups excluding carboxylic acids is 1. The largest absolute Gasteiger partial charge is 0.493 e. The quantitative estimate of drug-likeness (QED) is 0.228. The van der Waals surface area contributed by atoms with Crippen molar-refractivity contribution in [1.82, 2.24) is 15.6 Å². The van der Waals surface area contributed by atoms with E-state index in [-0.39, 0.29) is 18.9 Å². The van der Waals surface area contributed by atoms with E-state index in [4.69, 9.17) is 31.5 Å². The number of halogens is 2. The predicted octanol–water partition coefficient (Wildman–Crippen LogP) is 3.70. The van der Waals surface area contributed by atoms with Crippen LogP contribution in [0.1, 0.15) is 10.6 Å². The smallest absolute Gasteiger partial charge is 0.247 e. The van der Waals surface area contributed by atoms with Gasteiger partial charge in [-0.05, 0) is 42.0 Å². The van der Waals surface area contributed by atoms with Crippen molar-refractivity contribution in [3.05, 3.63) is 56.5 Å². The van der Waals surface area contributed by atoms with E-state index < -0.39 is 0 Å². The molecule has 2 aromatic carbocycles. The SMILES string of the molecule is COc1cc(/C=N\NC(=O)Cc2nnc(N)s2)cc(Cl)c1OCCOc1ccc(Br)cc1. The summed E-state index contributed by atoms with van der Waals surface area (Å²) < 4.78 is 17.7. The van der Waals surface area contributed by atoms with Gasteiger partial charge in [0.15, 0.2) is 11.5 Å². The van der Waals surface area contributed by atoms with E-state index in [1.807, 2.05) is 24.3 Å². The number of nitrogens with two attached hydrogens (primary N) is 1. The first kappa shape index (κ1) is 23.8. The Kier molecular flexibility index (Phi) is 8.65. The first-order chi connectivity index (χ1) is 15.4. The number of hydrogen-bond donors (Lipinski definition) is 2. The summed E-state index contributed by atoms with van der Waals surface area (Å²) in [5.74, 6) is 1.21. The van der Waals surface area contributed by atoms with Crippen LogP contribution in [0.2, 0.25) is 5.02 Å². The van der Waals surface area contributed by atoms with Crippen LogP contribution >= 0.6 is 38.9 Å². The Labute approximate surface area is 201 Å². The second kappa shape index (κ2) is 11.7. The lowest BCUT2D eigenvalue weighted by Gasteiger charge is -2.13. The van der Waals surface area contributed by atoms with Gasteiger partial charge in [-0.2, -0.15) is 5.10 Å². The summed E-state index contributed by atoms with van der Waals surface area (Å²) in [5.41, 5.74) is 8.53. The third-order valence-corrected chi connectivity index (χ3v) is 5.42. The predicted molar refractivity (Wildman–Crippen MR) is 127 cm³/mol. The molecule has 0 aliphatic heterocycles. The van der Waals surface area contributed by atoms with Gasteiger partial charge in [0.2, 0.25) is 11.0 Å². The zero-order chi connectivity index (χ0) is 22.9. The summed E-state index contributed by atoms with van der Waals surface area (Å²) >= 11 is 10.9. The minimum absolute atomic E-state index is 0.0331. The highest BCUT2D eigenvalue weighted by atomic mass is 79.9. The van der Waals surface area contributed by atoms with Crippen molar-refractivity contribution >= 4 is 56.1 Å². The van der Waals surface area contributed by atoms with Crippen molar-refractivity contribution in [3.63, 3.8) is 0 Å². The number of rotatable bonds is 10. The fourth-order valence-corrected chi connectivity index (χ4v) is 3.63. The number of hydrogen-bond acceptors (Lipinski definition) is 9. The van der Waals surface area contributed by atoms with Gasteiger partial charge >= 0.3 is 0 Å². The molecule has 1 amide bonds. The third-order valence-electron chi connectivity index (χ3n) is 3.86. The number of nitrogens with zero attached hydrogens (tertiary/aromatic N) is 3. The lowest BCUT2D eigenvalue weighted by molar-refractivity contribution is -0.120. The molecule has 0 aliphatic rings. The first-order valence-corrected chi connectivity index (χ1v) is 11.2. The second-order valence-corrected chi connectivity index (χ2v) is 8.61. The van der Waals surface area contributed by atoms with Crippen LogP contribution < -0.4 is 25.4 Å². The topological polar surface area (TPSA) is 121 Å². The fourth-order valence-electron chi connectivity index (χ4n) is 2.48. The van der Waals surface area contributed by atoms with Crippen LogP contribution in [-0.2, 0) is 11.2 Å². The molecule has 1 aromatic heterocycles. The summed E-state index contributed by atoms with van der Waals surface area (Å²) in [7, 11) is 1.51. The van der Waals surface area contributed by atoms with Crippen molar-refractivity contribution in [2.24, 2.45) is 5.10 Å². The normalized spacial score (nSPS) is 10.8. The highest BCUT2D eigenvalue weighted by molar-refractivity contribution is 9.10. The maximum atomic E-state index is 11.9. The van der Waals surface area contributed by atoms with Crippen LogP contribution in [0, 0.1) is 0 Å². The molecule has 3 N–H and O–H groups in total. The molecule has 0 bridgehead atoms. The molecule has 1 heterocycles. The van der Waals surface area contributed by atoms with Crippen molar-refractivity contribution in [3.8, 4) is 17.2 Å². The Bertz CT molecular complexity index is 1090. The zero-order valence-corrected chi connectivity index (χ0v) is 20.0. The van der Waals surface area contributed by atoms with E-state index in [0.29, 0.717) is 38.8 Å². The van der Waals surface area contributed by atoms with E-state index in [1.165, 1.54) is 13.3 Å². The molecular weight excluding hydrogens is 522 g/mol.